The molecule has 9 heavy (non-hydrogen) atoms. The van der Waals surface area contributed by atoms with Crippen LogP contribution in [0.15, 0.2) is 11.8 Å². The first kappa shape index (κ1) is 6.01. The minimum absolute atomic E-state index is 0.324. The van der Waals surface area contributed by atoms with Crippen LogP contribution < -0.4 is 5.32 Å². The van der Waals surface area contributed by atoms with Gasteiger partial charge in [0.05, 0.1) is 5.70 Å². The number of ketones is 1. The Morgan fingerprint density at radius 3 is 3.00 bits per heavy atom. The predicted octanol–water partition coefficient (Wildman–Crippen LogP) is -0.368. The molecule has 1 aliphatic heterocycles. The molecular weight excluding hydrogens is 118 g/mol. The van der Waals surface area contributed by atoms with E-state index in [-0.39, 0.29) is 0 Å². The predicted molar refractivity (Wildman–Crippen MR) is 31.8 cm³/mol. The molecular formula is C6H7NO2. The number of hydrogen-bond donors (Lipinski definition) is 1. The van der Waals surface area contributed by atoms with Crippen LogP contribution in [0, 0.1) is 0 Å². The minimum Gasteiger partial charge on any atom is -0.382 e. The molecule has 0 radical (unpaired) electrons. The maximum atomic E-state index is 10.5. The molecule has 0 fully saturated rings. The number of carbonyl (C=O) groups excluding carboxylic acids is 2. The molecule has 0 unspecified atom stereocenters. The molecule has 0 bridgehead atoms. The van der Waals surface area contributed by atoms with E-state index in [0.29, 0.717) is 12.0 Å². The van der Waals surface area contributed by atoms with Crippen LogP contribution in [0.5, 0.6) is 0 Å². The molecule has 0 aromatic heterocycles. The van der Waals surface area contributed by atoms with Crippen molar-refractivity contribution in [2.24, 2.45) is 0 Å². The zero-order valence-electron chi connectivity index (χ0n) is 4.89. The van der Waals surface area contributed by atoms with Crippen LogP contribution in [-0.4, -0.2) is 18.6 Å². The lowest BCUT2D eigenvalue weighted by atomic mass is 10.3. The molecule has 0 amide bonds. The Morgan fingerprint density at radius 2 is 2.56 bits per heavy atom. The summed E-state index contributed by atoms with van der Waals surface area (Å²) in [6, 6.07) is 0. The average molecular weight is 125 g/mol. The maximum Gasteiger partial charge on any atom is 0.240 e. The molecule has 0 spiro atoms. The van der Waals surface area contributed by atoms with Gasteiger partial charge < -0.3 is 5.32 Å². The number of nitrogens with one attached hydrogen (secondary N) is 1. The van der Waals surface area contributed by atoms with Crippen molar-refractivity contribution >= 4 is 12.1 Å². The second kappa shape index (κ2) is 2.44. The number of Topliss-reactive ketones (excluding diaryl/α,β-unsaturated/α-hetero) is 1. The lowest BCUT2D eigenvalue weighted by Gasteiger charge is -1.93. The molecule has 48 valence electrons. The van der Waals surface area contributed by atoms with Crippen LogP contribution in [-0.2, 0) is 9.59 Å². The Balaban J connectivity index is 2.61. The summed E-state index contributed by atoms with van der Waals surface area (Å²) in [5, 5.41) is 2.79. The van der Waals surface area contributed by atoms with E-state index >= 15 is 0 Å². The molecule has 1 N–H and O–H groups in total. The first-order valence-electron chi connectivity index (χ1n) is 2.78. The van der Waals surface area contributed by atoms with Gasteiger partial charge in [0.1, 0.15) is 0 Å². The summed E-state index contributed by atoms with van der Waals surface area (Å²) in [4.78, 5) is 20.4. The van der Waals surface area contributed by atoms with Crippen LogP contribution in [0.1, 0.15) is 6.42 Å². The van der Waals surface area contributed by atoms with Crippen molar-refractivity contribution < 1.29 is 9.59 Å². The fourth-order valence-electron chi connectivity index (χ4n) is 0.747. The van der Waals surface area contributed by atoms with Crippen LogP contribution >= 0.6 is 0 Å². The maximum absolute atomic E-state index is 10.5. The van der Waals surface area contributed by atoms with Crippen LogP contribution in [0.4, 0.5) is 0 Å². The van der Waals surface area contributed by atoms with Gasteiger partial charge in [0, 0.05) is 6.54 Å². The smallest absolute Gasteiger partial charge is 0.240 e. The van der Waals surface area contributed by atoms with Crippen molar-refractivity contribution in [3.8, 4) is 0 Å². The van der Waals surface area contributed by atoms with Gasteiger partial charge in [0.15, 0.2) is 6.29 Å². The third-order valence-electron chi connectivity index (χ3n) is 1.18. The number of rotatable bonds is 2. The molecule has 0 atom stereocenters. The molecule has 3 nitrogen and oxygen atoms in total. The SMILES string of the molecule is O=CC(=O)C1=CCCN1. The Morgan fingerprint density at radius 1 is 1.78 bits per heavy atom. The fourth-order valence-corrected chi connectivity index (χ4v) is 0.747. The van der Waals surface area contributed by atoms with Crippen molar-refractivity contribution in [1.29, 1.82) is 0 Å². The Kier molecular flexibility index (Phi) is 1.63. The standard InChI is InChI=1S/C6H7NO2/c8-4-6(9)5-2-1-3-7-5/h2,4,7H,1,3H2. The van der Waals surface area contributed by atoms with Crippen molar-refractivity contribution in [2.45, 2.75) is 6.42 Å². The third-order valence-corrected chi connectivity index (χ3v) is 1.18. The van der Waals surface area contributed by atoms with E-state index in [4.69, 9.17) is 0 Å². The molecule has 0 saturated carbocycles. The number of carbonyl (C=O) groups is 2. The van der Waals surface area contributed by atoms with Crippen LogP contribution in [0.3, 0.4) is 0 Å². The molecule has 3 heteroatoms. The van der Waals surface area contributed by atoms with Gasteiger partial charge in [-0.2, -0.15) is 0 Å². The van der Waals surface area contributed by atoms with Crippen LogP contribution in [0.2, 0.25) is 0 Å². The fraction of sp³-hybridized carbons (Fsp3) is 0.333. The molecule has 0 aromatic rings. The normalized spacial score (nSPS) is 16.2. The van der Waals surface area contributed by atoms with E-state index in [1.54, 1.807) is 6.08 Å². The highest BCUT2D eigenvalue weighted by atomic mass is 16.2. The quantitative estimate of drug-likeness (QED) is 0.404. The van der Waals surface area contributed by atoms with E-state index in [1.165, 1.54) is 0 Å². The Labute approximate surface area is 52.7 Å². The topological polar surface area (TPSA) is 46.2 Å². The van der Waals surface area contributed by atoms with Gasteiger partial charge in [0.25, 0.3) is 0 Å². The summed E-state index contributed by atoms with van der Waals surface area (Å²) in [5.74, 6) is -0.451. The largest absolute Gasteiger partial charge is 0.382 e. The van der Waals surface area contributed by atoms with E-state index in [9.17, 15) is 9.59 Å². The monoisotopic (exact) mass is 125 g/mol. The summed E-state index contributed by atoms with van der Waals surface area (Å²) in [7, 11) is 0. The summed E-state index contributed by atoms with van der Waals surface area (Å²) >= 11 is 0. The first-order chi connectivity index (χ1) is 4.34. The second-order valence-electron chi connectivity index (χ2n) is 1.82. The number of aldehydes is 1. The number of allylic oxidation sites excluding steroid dienone is 1. The summed E-state index contributed by atoms with van der Waals surface area (Å²) < 4.78 is 0. The third kappa shape index (κ3) is 1.16. The lowest BCUT2D eigenvalue weighted by Crippen LogP contribution is -2.16. The molecule has 1 aliphatic rings. The molecule has 1 heterocycles. The average Bonchev–Trinajstić information content (AvgIpc) is 2.37. The minimum atomic E-state index is -0.451. The molecule has 0 aliphatic carbocycles. The molecule has 1 rings (SSSR count). The zero-order chi connectivity index (χ0) is 6.69. The summed E-state index contributed by atoms with van der Waals surface area (Å²) in [5.41, 5.74) is 0.449. The summed E-state index contributed by atoms with van der Waals surface area (Å²) in [6.45, 7) is 0.773. The van der Waals surface area contributed by atoms with E-state index in [0.717, 1.165) is 13.0 Å². The lowest BCUT2D eigenvalue weighted by molar-refractivity contribution is -0.127. The van der Waals surface area contributed by atoms with Crippen molar-refractivity contribution in [3.05, 3.63) is 11.8 Å². The van der Waals surface area contributed by atoms with Crippen molar-refractivity contribution in [1.82, 2.24) is 5.32 Å². The Hall–Kier alpha value is -1.12. The van der Waals surface area contributed by atoms with Gasteiger partial charge >= 0.3 is 0 Å². The molecule has 0 saturated heterocycles. The van der Waals surface area contributed by atoms with Gasteiger partial charge in [-0.1, -0.05) is 6.08 Å². The highest BCUT2D eigenvalue weighted by molar-refractivity contribution is 6.32. The molecule has 0 aromatic carbocycles. The van der Waals surface area contributed by atoms with Crippen molar-refractivity contribution in [2.75, 3.05) is 6.54 Å². The second-order valence-corrected chi connectivity index (χ2v) is 1.82. The highest BCUT2D eigenvalue weighted by Crippen LogP contribution is 1.99. The van der Waals surface area contributed by atoms with Gasteiger partial charge in [-0.15, -0.1) is 0 Å². The van der Waals surface area contributed by atoms with E-state index in [1.807, 2.05) is 0 Å². The summed E-state index contributed by atoms with van der Waals surface area (Å²) in [6.07, 6.45) is 2.90. The number of hydrogen-bond acceptors (Lipinski definition) is 3. The van der Waals surface area contributed by atoms with E-state index < -0.39 is 5.78 Å². The zero-order valence-corrected chi connectivity index (χ0v) is 4.89. The van der Waals surface area contributed by atoms with Gasteiger partial charge in [-0.25, -0.2) is 0 Å². The van der Waals surface area contributed by atoms with Crippen LogP contribution in [0.25, 0.3) is 0 Å². The highest BCUT2D eigenvalue weighted by Gasteiger charge is 2.09. The Bertz CT molecular complexity index is 172. The van der Waals surface area contributed by atoms with Gasteiger partial charge in [-0.05, 0) is 6.42 Å². The van der Waals surface area contributed by atoms with Gasteiger partial charge in [0.2, 0.25) is 5.78 Å². The van der Waals surface area contributed by atoms with Crippen molar-refractivity contribution in [3.63, 3.8) is 0 Å². The van der Waals surface area contributed by atoms with Gasteiger partial charge in [-0.3, -0.25) is 9.59 Å². The van der Waals surface area contributed by atoms with E-state index in [2.05, 4.69) is 5.32 Å². The first-order valence-corrected chi connectivity index (χ1v) is 2.78.